The highest BCUT2D eigenvalue weighted by Crippen LogP contribution is 2.30. The van der Waals surface area contributed by atoms with Crippen LogP contribution in [0.1, 0.15) is 5.56 Å². The molecule has 0 unspecified atom stereocenters. The fourth-order valence-electron chi connectivity index (χ4n) is 1.50. The smallest absolute Gasteiger partial charge is 0.150 e. The van der Waals surface area contributed by atoms with Crippen molar-refractivity contribution in [3.8, 4) is 6.07 Å². The number of nitriles is 1. The Morgan fingerprint density at radius 3 is 2.74 bits per heavy atom. The van der Waals surface area contributed by atoms with Crippen LogP contribution < -0.4 is 10.6 Å². The molecule has 1 aromatic heterocycles. The van der Waals surface area contributed by atoms with Crippen LogP contribution in [-0.4, -0.2) is 17.0 Å². The van der Waals surface area contributed by atoms with Gasteiger partial charge in [0.1, 0.15) is 39.9 Å². The number of hydrogen-bond acceptors (Lipinski definition) is 5. The van der Waals surface area contributed by atoms with Gasteiger partial charge in [-0.3, -0.25) is 0 Å². The normalized spacial score (nSPS) is 9.79. The Balaban J connectivity index is 2.43. The van der Waals surface area contributed by atoms with E-state index in [-0.39, 0.29) is 5.56 Å². The predicted molar refractivity (Wildman–Crippen MR) is 73.7 cm³/mol. The zero-order valence-corrected chi connectivity index (χ0v) is 11.5. The molecule has 0 aliphatic rings. The maximum Gasteiger partial charge on any atom is 0.150 e. The topological polar surface area (TPSA) is 73.6 Å². The van der Waals surface area contributed by atoms with Crippen molar-refractivity contribution in [1.29, 1.82) is 5.26 Å². The molecule has 0 bridgehead atoms. The summed E-state index contributed by atoms with van der Waals surface area (Å²) in [5.41, 5.74) is 0.294. The summed E-state index contributed by atoms with van der Waals surface area (Å²) in [6.45, 7) is 0. The first-order valence-electron chi connectivity index (χ1n) is 5.31. The largest absolute Gasteiger partial charge is 0.372 e. The molecule has 0 aliphatic heterocycles. The molecule has 2 N–H and O–H groups in total. The summed E-state index contributed by atoms with van der Waals surface area (Å²) < 4.78 is 14.1. The lowest BCUT2D eigenvalue weighted by Gasteiger charge is -2.11. The number of hydrogen-bond donors (Lipinski definition) is 2. The molecule has 7 heteroatoms. The van der Waals surface area contributed by atoms with E-state index in [0.29, 0.717) is 21.8 Å². The van der Waals surface area contributed by atoms with Crippen LogP contribution in [-0.2, 0) is 0 Å². The second kappa shape index (κ2) is 5.63. The number of halogens is 2. The van der Waals surface area contributed by atoms with Gasteiger partial charge in [0, 0.05) is 7.05 Å². The molecule has 0 fully saturated rings. The fourth-order valence-corrected chi connectivity index (χ4v) is 2.00. The van der Waals surface area contributed by atoms with Gasteiger partial charge in [-0.05, 0) is 28.1 Å². The quantitative estimate of drug-likeness (QED) is 0.909. The summed E-state index contributed by atoms with van der Waals surface area (Å²) in [7, 11) is 1.72. The van der Waals surface area contributed by atoms with Crippen LogP contribution in [0.5, 0.6) is 0 Å². The Morgan fingerprint density at radius 2 is 2.05 bits per heavy atom. The maximum absolute atomic E-state index is 13.5. The van der Waals surface area contributed by atoms with Crippen molar-refractivity contribution < 1.29 is 4.39 Å². The van der Waals surface area contributed by atoms with E-state index < -0.39 is 5.82 Å². The number of aromatic nitrogens is 2. The lowest BCUT2D eigenvalue weighted by molar-refractivity contribution is 0.624. The number of benzene rings is 1. The minimum Gasteiger partial charge on any atom is -0.372 e. The molecular weight excluding hydrogens is 313 g/mol. The van der Waals surface area contributed by atoms with E-state index >= 15 is 0 Å². The summed E-state index contributed by atoms with van der Waals surface area (Å²) >= 11 is 3.34. The second-order valence-corrected chi connectivity index (χ2v) is 4.33. The Hall–Kier alpha value is -2.20. The van der Waals surface area contributed by atoms with E-state index in [1.165, 1.54) is 18.5 Å². The van der Waals surface area contributed by atoms with Gasteiger partial charge in [-0.25, -0.2) is 14.4 Å². The van der Waals surface area contributed by atoms with Crippen LogP contribution in [0.2, 0.25) is 0 Å². The van der Waals surface area contributed by atoms with Crippen LogP contribution in [0.25, 0.3) is 0 Å². The average molecular weight is 322 g/mol. The summed E-state index contributed by atoms with van der Waals surface area (Å²) in [5, 5.41) is 14.8. The molecule has 0 spiro atoms. The van der Waals surface area contributed by atoms with Gasteiger partial charge in [0.05, 0.1) is 5.69 Å². The van der Waals surface area contributed by atoms with Gasteiger partial charge in [-0.1, -0.05) is 6.07 Å². The van der Waals surface area contributed by atoms with Crippen LogP contribution in [0.4, 0.5) is 21.7 Å². The monoisotopic (exact) mass is 321 g/mol. The maximum atomic E-state index is 13.5. The highest BCUT2D eigenvalue weighted by atomic mass is 79.9. The third-order valence-corrected chi connectivity index (χ3v) is 3.16. The third-order valence-electron chi connectivity index (χ3n) is 2.40. The first-order valence-corrected chi connectivity index (χ1v) is 6.10. The first kappa shape index (κ1) is 13.2. The highest BCUT2D eigenvalue weighted by Gasteiger charge is 2.12. The average Bonchev–Trinajstić information content (AvgIpc) is 2.41. The van der Waals surface area contributed by atoms with Gasteiger partial charge in [-0.15, -0.1) is 0 Å². The van der Waals surface area contributed by atoms with Crippen LogP contribution in [0.3, 0.4) is 0 Å². The molecule has 19 heavy (non-hydrogen) atoms. The predicted octanol–water partition coefficient (Wildman–Crippen LogP) is 3.04. The van der Waals surface area contributed by atoms with E-state index in [1.54, 1.807) is 13.1 Å². The van der Waals surface area contributed by atoms with Gasteiger partial charge in [0.25, 0.3) is 0 Å². The lowest BCUT2D eigenvalue weighted by atomic mass is 10.2. The number of rotatable bonds is 3. The van der Waals surface area contributed by atoms with Crippen molar-refractivity contribution in [3.63, 3.8) is 0 Å². The molecule has 1 heterocycles. The molecule has 1 aromatic carbocycles. The molecule has 2 rings (SSSR count). The Bertz CT molecular complexity index is 653. The summed E-state index contributed by atoms with van der Waals surface area (Å²) in [6.07, 6.45) is 1.37. The van der Waals surface area contributed by atoms with E-state index in [2.05, 4.69) is 36.5 Å². The standard InChI is InChI=1S/C12H9BrFN5/c1-16-11-10(13)12(18-6-17-11)19-9-4-2-3-8(14)7(9)5-15/h2-4,6H,1H3,(H2,16,17,18,19). The van der Waals surface area contributed by atoms with Crippen LogP contribution in [0.15, 0.2) is 29.0 Å². The van der Waals surface area contributed by atoms with Gasteiger partial charge in [0.15, 0.2) is 0 Å². The van der Waals surface area contributed by atoms with Crippen molar-refractivity contribution in [3.05, 3.63) is 40.4 Å². The third kappa shape index (κ3) is 2.63. The molecule has 5 nitrogen and oxygen atoms in total. The molecule has 0 saturated carbocycles. The van der Waals surface area contributed by atoms with E-state index in [0.717, 1.165) is 0 Å². The van der Waals surface area contributed by atoms with E-state index in [1.807, 2.05) is 6.07 Å². The van der Waals surface area contributed by atoms with Crippen molar-refractivity contribution in [2.24, 2.45) is 0 Å². The van der Waals surface area contributed by atoms with Crippen molar-refractivity contribution in [1.82, 2.24) is 9.97 Å². The first-order chi connectivity index (χ1) is 9.17. The van der Waals surface area contributed by atoms with Crippen molar-refractivity contribution >= 4 is 33.3 Å². The molecule has 0 aliphatic carbocycles. The van der Waals surface area contributed by atoms with Crippen molar-refractivity contribution in [2.45, 2.75) is 0 Å². The molecule has 0 amide bonds. The molecular formula is C12H9BrFN5. The Morgan fingerprint density at radius 1 is 1.32 bits per heavy atom. The number of nitrogens with one attached hydrogen (secondary N) is 2. The molecule has 0 atom stereocenters. The molecule has 0 saturated heterocycles. The number of nitrogens with zero attached hydrogens (tertiary/aromatic N) is 3. The highest BCUT2D eigenvalue weighted by molar-refractivity contribution is 9.10. The lowest BCUT2D eigenvalue weighted by Crippen LogP contribution is -2.02. The van der Waals surface area contributed by atoms with Gasteiger partial charge < -0.3 is 10.6 Å². The van der Waals surface area contributed by atoms with Crippen LogP contribution >= 0.6 is 15.9 Å². The summed E-state index contributed by atoms with van der Waals surface area (Å²) in [6, 6.07) is 6.18. The fraction of sp³-hybridized carbons (Fsp3) is 0.0833. The summed E-state index contributed by atoms with van der Waals surface area (Å²) in [4.78, 5) is 8.06. The van der Waals surface area contributed by atoms with Gasteiger partial charge >= 0.3 is 0 Å². The van der Waals surface area contributed by atoms with Gasteiger partial charge in [-0.2, -0.15) is 5.26 Å². The van der Waals surface area contributed by atoms with E-state index in [9.17, 15) is 4.39 Å². The van der Waals surface area contributed by atoms with Crippen molar-refractivity contribution in [2.75, 3.05) is 17.7 Å². The van der Waals surface area contributed by atoms with Gasteiger partial charge in [0.2, 0.25) is 0 Å². The molecule has 2 aromatic rings. The second-order valence-electron chi connectivity index (χ2n) is 3.53. The summed E-state index contributed by atoms with van der Waals surface area (Å²) in [5.74, 6) is 0.459. The van der Waals surface area contributed by atoms with E-state index in [4.69, 9.17) is 5.26 Å². The molecule has 0 radical (unpaired) electrons. The Labute approximate surface area is 117 Å². The zero-order valence-electron chi connectivity index (χ0n) is 9.91. The Kier molecular flexibility index (Phi) is 3.92. The zero-order chi connectivity index (χ0) is 13.8. The SMILES string of the molecule is CNc1ncnc(Nc2cccc(F)c2C#N)c1Br. The number of anilines is 3. The van der Waals surface area contributed by atoms with Crippen LogP contribution in [0, 0.1) is 17.1 Å². The minimum absolute atomic E-state index is 0.0565. The minimum atomic E-state index is -0.577. The molecule has 96 valence electrons.